The average Bonchev–Trinajstić information content (AvgIpc) is 3.27. The van der Waals surface area contributed by atoms with Gasteiger partial charge in [-0.2, -0.15) is 0 Å². The van der Waals surface area contributed by atoms with Crippen molar-refractivity contribution >= 4 is 11.3 Å². The summed E-state index contributed by atoms with van der Waals surface area (Å²) >= 11 is 1.68. The fraction of sp³-hybridized carbons (Fsp3) is 0.222. The molecule has 2 aromatic heterocycles. The second-order valence-corrected chi connectivity index (χ2v) is 6.07. The molecule has 0 unspecified atom stereocenters. The molecule has 0 spiro atoms. The van der Waals surface area contributed by atoms with Gasteiger partial charge in [-0.15, -0.1) is 11.3 Å². The maximum Gasteiger partial charge on any atom is 0.161 e. The van der Waals surface area contributed by atoms with Crippen molar-refractivity contribution in [3.05, 3.63) is 70.3 Å². The monoisotopic (exact) mass is 329 g/mol. The second-order valence-electron chi connectivity index (χ2n) is 5.04. The van der Waals surface area contributed by atoms with E-state index in [9.17, 15) is 0 Å². The maximum atomic E-state index is 5.84. The van der Waals surface area contributed by atoms with Gasteiger partial charge in [-0.05, 0) is 41.3 Å². The van der Waals surface area contributed by atoms with E-state index in [1.807, 2.05) is 41.8 Å². The summed E-state index contributed by atoms with van der Waals surface area (Å²) in [5.74, 6) is 2.43. The molecule has 0 amide bonds. The van der Waals surface area contributed by atoms with Gasteiger partial charge in [0.1, 0.15) is 12.4 Å². The highest BCUT2D eigenvalue weighted by Crippen LogP contribution is 2.29. The summed E-state index contributed by atoms with van der Waals surface area (Å²) in [6, 6.07) is 13.9. The van der Waals surface area contributed by atoms with Gasteiger partial charge in [0.15, 0.2) is 11.5 Å². The number of benzene rings is 1. The zero-order valence-electron chi connectivity index (χ0n) is 13.0. The molecular weight excluding hydrogens is 310 g/mol. The quantitative estimate of drug-likeness (QED) is 0.672. The van der Waals surface area contributed by atoms with Crippen LogP contribution in [0.2, 0.25) is 0 Å². The molecule has 5 heteroatoms. The summed E-state index contributed by atoms with van der Waals surface area (Å²) < 4.78 is 16.6. The minimum atomic E-state index is 0.560. The number of thiophene rings is 1. The lowest BCUT2D eigenvalue weighted by Crippen LogP contribution is -2.12. The van der Waals surface area contributed by atoms with Gasteiger partial charge in [-0.1, -0.05) is 12.1 Å². The van der Waals surface area contributed by atoms with Crippen molar-refractivity contribution in [3.8, 4) is 11.5 Å². The van der Waals surface area contributed by atoms with Gasteiger partial charge in [0.05, 0.1) is 19.9 Å². The van der Waals surface area contributed by atoms with E-state index in [0.29, 0.717) is 13.2 Å². The highest BCUT2D eigenvalue weighted by molar-refractivity contribution is 7.09. The molecule has 1 aromatic carbocycles. The van der Waals surface area contributed by atoms with E-state index < -0.39 is 0 Å². The first kappa shape index (κ1) is 15.6. The Hall–Kier alpha value is -2.24. The minimum Gasteiger partial charge on any atom is -0.493 e. The molecule has 0 fully saturated rings. The molecule has 0 aliphatic heterocycles. The molecule has 0 atom stereocenters. The molecule has 3 rings (SSSR count). The van der Waals surface area contributed by atoms with Gasteiger partial charge < -0.3 is 19.2 Å². The zero-order valence-corrected chi connectivity index (χ0v) is 13.8. The van der Waals surface area contributed by atoms with Gasteiger partial charge in [0.25, 0.3) is 0 Å². The van der Waals surface area contributed by atoms with Crippen LogP contribution in [0.15, 0.2) is 58.5 Å². The molecule has 0 radical (unpaired) electrons. The van der Waals surface area contributed by atoms with Crippen LogP contribution in [0, 0.1) is 0 Å². The van der Waals surface area contributed by atoms with Gasteiger partial charge in [-0.25, -0.2) is 0 Å². The first-order valence-corrected chi connectivity index (χ1v) is 8.28. The summed E-state index contributed by atoms with van der Waals surface area (Å²) in [5, 5.41) is 5.39. The molecule has 0 aliphatic carbocycles. The predicted molar refractivity (Wildman–Crippen MR) is 90.9 cm³/mol. The first-order valence-electron chi connectivity index (χ1n) is 7.40. The number of furan rings is 1. The molecule has 4 nitrogen and oxygen atoms in total. The van der Waals surface area contributed by atoms with E-state index in [1.165, 1.54) is 4.88 Å². The lowest BCUT2D eigenvalue weighted by Gasteiger charge is -2.12. The lowest BCUT2D eigenvalue weighted by atomic mass is 10.2. The standard InChI is InChI=1S/C18H19NO3S/c1-20-18-10-14(11-19-12-15-4-2-8-21-15)6-7-17(18)22-13-16-5-3-9-23-16/h2-10,19H,11-13H2,1H3. The van der Waals surface area contributed by atoms with Crippen LogP contribution in [0.3, 0.4) is 0 Å². The van der Waals surface area contributed by atoms with Crippen LogP contribution >= 0.6 is 11.3 Å². The number of methoxy groups -OCH3 is 1. The second kappa shape index (κ2) is 7.85. The van der Waals surface area contributed by atoms with E-state index in [2.05, 4.69) is 11.4 Å². The van der Waals surface area contributed by atoms with E-state index in [0.717, 1.165) is 29.4 Å². The highest BCUT2D eigenvalue weighted by atomic mass is 32.1. The van der Waals surface area contributed by atoms with Crippen molar-refractivity contribution in [2.75, 3.05) is 7.11 Å². The van der Waals surface area contributed by atoms with E-state index in [4.69, 9.17) is 13.9 Å². The predicted octanol–water partition coefficient (Wildman–Crippen LogP) is 4.22. The summed E-state index contributed by atoms with van der Waals surface area (Å²) in [7, 11) is 1.66. The van der Waals surface area contributed by atoms with Crippen molar-refractivity contribution in [2.45, 2.75) is 19.7 Å². The summed E-state index contributed by atoms with van der Waals surface area (Å²) in [5.41, 5.74) is 1.14. The van der Waals surface area contributed by atoms with Crippen molar-refractivity contribution in [3.63, 3.8) is 0 Å². The molecule has 0 aliphatic rings. The SMILES string of the molecule is COc1cc(CNCc2ccco2)ccc1OCc1cccs1. The molecule has 2 heterocycles. The van der Waals surface area contributed by atoms with Crippen LogP contribution in [0.1, 0.15) is 16.2 Å². The van der Waals surface area contributed by atoms with Crippen molar-refractivity contribution in [1.29, 1.82) is 0 Å². The average molecular weight is 329 g/mol. The zero-order chi connectivity index (χ0) is 15.9. The number of rotatable bonds is 8. The molecule has 1 N–H and O–H groups in total. The van der Waals surface area contributed by atoms with E-state index in [-0.39, 0.29) is 0 Å². The lowest BCUT2D eigenvalue weighted by molar-refractivity contribution is 0.287. The summed E-state index contributed by atoms with van der Waals surface area (Å²) in [6.07, 6.45) is 1.68. The Labute approximate surface area is 139 Å². The Balaban J connectivity index is 1.57. The van der Waals surface area contributed by atoms with Crippen LogP contribution < -0.4 is 14.8 Å². The number of hydrogen-bond donors (Lipinski definition) is 1. The molecular formula is C18H19NO3S. The van der Waals surface area contributed by atoms with Gasteiger partial charge in [0.2, 0.25) is 0 Å². The number of nitrogens with one attached hydrogen (secondary N) is 1. The van der Waals surface area contributed by atoms with Crippen LogP contribution in [0.5, 0.6) is 11.5 Å². The molecule has 23 heavy (non-hydrogen) atoms. The summed E-state index contributed by atoms with van der Waals surface area (Å²) in [6.45, 7) is 2.00. The van der Waals surface area contributed by atoms with Crippen molar-refractivity contribution < 1.29 is 13.9 Å². The van der Waals surface area contributed by atoms with Crippen LogP contribution in [0.25, 0.3) is 0 Å². The topological polar surface area (TPSA) is 43.6 Å². The summed E-state index contributed by atoms with van der Waals surface area (Å²) in [4.78, 5) is 1.19. The largest absolute Gasteiger partial charge is 0.493 e. The normalized spacial score (nSPS) is 10.7. The van der Waals surface area contributed by atoms with E-state index >= 15 is 0 Å². The Morgan fingerprint density at radius 2 is 2.04 bits per heavy atom. The first-order chi connectivity index (χ1) is 11.3. The van der Waals surface area contributed by atoms with Crippen molar-refractivity contribution in [2.24, 2.45) is 0 Å². The van der Waals surface area contributed by atoms with Crippen LogP contribution in [-0.4, -0.2) is 7.11 Å². The maximum absolute atomic E-state index is 5.84. The molecule has 120 valence electrons. The molecule has 0 saturated heterocycles. The third kappa shape index (κ3) is 4.37. The minimum absolute atomic E-state index is 0.560. The Kier molecular flexibility index (Phi) is 5.34. The third-order valence-electron chi connectivity index (χ3n) is 3.39. The fourth-order valence-electron chi connectivity index (χ4n) is 2.23. The Morgan fingerprint density at radius 1 is 1.09 bits per heavy atom. The van der Waals surface area contributed by atoms with Gasteiger partial charge in [-0.3, -0.25) is 0 Å². The number of hydrogen-bond acceptors (Lipinski definition) is 5. The van der Waals surface area contributed by atoms with E-state index in [1.54, 1.807) is 24.7 Å². The Bertz CT molecular complexity index is 708. The smallest absolute Gasteiger partial charge is 0.161 e. The van der Waals surface area contributed by atoms with Crippen LogP contribution in [0.4, 0.5) is 0 Å². The van der Waals surface area contributed by atoms with Crippen LogP contribution in [-0.2, 0) is 19.7 Å². The molecule has 0 saturated carbocycles. The van der Waals surface area contributed by atoms with Gasteiger partial charge in [0, 0.05) is 11.4 Å². The van der Waals surface area contributed by atoms with Gasteiger partial charge >= 0.3 is 0 Å². The fourth-order valence-corrected chi connectivity index (χ4v) is 2.84. The van der Waals surface area contributed by atoms with Crippen molar-refractivity contribution in [1.82, 2.24) is 5.32 Å². The highest BCUT2D eigenvalue weighted by Gasteiger charge is 2.07. The number of ether oxygens (including phenoxy) is 2. The Morgan fingerprint density at radius 3 is 2.78 bits per heavy atom. The molecule has 3 aromatic rings. The third-order valence-corrected chi connectivity index (χ3v) is 4.24. The molecule has 0 bridgehead atoms.